The lowest BCUT2D eigenvalue weighted by Gasteiger charge is -2.10. The molecule has 0 unspecified atom stereocenters. The molecule has 3 rings (SSSR count). The van der Waals surface area contributed by atoms with Gasteiger partial charge in [-0.25, -0.2) is 9.97 Å². The standard InChI is InChI=1S/C20H17F4N3/c21-11-1-2-17-12-18(13-5-9-16(25)10-6-13)27-19(26-17)14-3-7-15(8-4-14)20(22,23)24/h3-10,12H,1-2,11,25H2. The van der Waals surface area contributed by atoms with Crippen LogP contribution in [0.4, 0.5) is 23.2 Å². The summed E-state index contributed by atoms with van der Waals surface area (Å²) in [4.78, 5) is 8.87. The number of aromatic nitrogens is 2. The highest BCUT2D eigenvalue weighted by Crippen LogP contribution is 2.31. The zero-order valence-corrected chi connectivity index (χ0v) is 14.3. The fraction of sp³-hybridized carbons (Fsp3) is 0.200. The summed E-state index contributed by atoms with van der Waals surface area (Å²) in [6.07, 6.45) is -3.68. The van der Waals surface area contributed by atoms with Crippen LogP contribution in [-0.4, -0.2) is 16.6 Å². The lowest BCUT2D eigenvalue weighted by molar-refractivity contribution is -0.137. The monoisotopic (exact) mass is 375 g/mol. The van der Waals surface area contributed by atoms with Gasteiger partial charge in [0.25, 0.3) is 0 Å². The van der Waals surface area contributed by atoms with Gasteiger partial charge in [0, 0.05) is 22.5 Å². The van der Waals surface area contributed by atoms with Crippen molar-refractivity contribution in [2.75, 3.05) is 12.4 Å². The molecule has 7 heteroatoms. The second-order valence-electron chi connectivity index (χ2n) is 6.06. The van der Waals surface area contributed by atoms with Crippen molar-refractivity contribution in [2.45, 2.75) is 19.0 Å². The molecule has 3 nitrogen and oxygen atoms in total. The summed E-state index contributed by atoms with van der Waals surface area (Å²) in [6.45, 7) is -0.475. The van der Waals surface area contributed by atoms with Crippen LogP contribution in [-0.2, 0) is 12.6 Å². The van der Waals surface area contributed by atoms with Crippen molar-refractivity contribution >= 4 is 5.69 Å². The van der Waals surface area contributed by atoms with Crippen LogP contribution in [0.3, 0.4) is 0 Å². The Labute approximate surface area is 153 Å². The van der Waals surface area contributed by atoms with Gasteiger partial charge in [0.15, 0.2) is 5.82 Å². The summed E-state index contributed by atoms with van der Waals surface area (Å²) >= 11 is 0. The quantitative estimate of drug-likeness (QED) is 0.485. The summed E-state index contributed by atoms with van der Waals surface area (Å²) in [5.41, 5.74) is 8.06. The SMILES string of the molecule is Nc1ccc(-c2cc(CCCF)nc(-c3ccc(C(F)(F)F)cc3)n2)cc1. The number of nitrogen functional groups attached to an aromatic ring is 1. The Morgan fingerprint density at radius 2 is 1.48 bits per heavy atom. The number of nitrogens with zero attached hydrogens (tertiary/aromatic N) is 2. The van der Waals surface area contributed by atoms with Crippen molar-refractivity contribution in [3.63, 3.8) is 0 Å². The van der Waals surface area contributed by atoms with Crippen molar-refractivity contribution < 1.29 is 17.6 Å². The van der Waals surface area contributed by atoms with Gasteiger partial charge in [0.1, 0.15) is 0 Å². The van der Waals surface area contributed by atoms with Crippen LogP contribution in [0.1, 0.15) is 17.7 Å². The minimum absolute atomic E-state index is 0.298. The number of aryl methyl sites for hydroxylation is 1. The predicted octanol–water partition coefficient (Wildman–Crippen LogP) is 5.31. The van der Waals surface area contributed by atoms with E-state index >= 15 is 0 Å². The zero-order chi connectivity index (χ0) is 19.4. The first kappa shape index (κ1) is 18.8. The maximum Gasteiger partial charge on any atom is 0.416 e. The first-order chi connectivity index (χ1) is 12.9. The zero-order valence-electron chi connectivity index (χ0n) is 14.3. The average molecular weight is 375 g/mol. The average Bonchev–Trinajstić information content (AvgIpc) is 2.66. The first-order valence-electron chi connectivity index (χ1n) is 8.34. The molecule has 0 aliphatic carbocycles. The van der Waals surface area contributed by atoms with E-state index in [4.69, 9.17) is 5.73 Å². The summed E-state index contributed by atoms with van der Waals surface area (Å²) in [5.74, 6) is 0.298. The van der Waals surface area contributed by atoms with Crippen LogP contribution in [0, 0.1) is 0 Å². The Morgan fingerprint density at radius 1 is 0.852 bits per heavy atom. The van der Waals surface area contributed by atoms with Crippen LogP contribution < -0.4 is 5.73 Å². The van der Waals surface area contributed by atoms with Gasteiger partial charge in [-0.2, -0.15) is 13.2 Å². The minimum atomic E-state index is -4.41. The molecule has 140 valence electrons. The number of rotatable bonds is 5. The molecule has 3 aromatic rings. The Balaban J connectivity index is 2.03. The molecule has 0 spiro atoms. The molecule has 0 saturated heterocycles. The molecule has 0 aliphatic rings. The molecule has 1 aromatic heterocycles. The Morgan fingerprint density at radius 3 is 2.07 bits per heavy atom. The van der Waals surface area contributed by atoms with Crippen LogP contribution in [0.2, 0.25) is 0 Å². The van der Waals surface area contributed by atoms with E-state index < -0.39 is 18.4 Å². The van der Waals surface area contributed by atoms with E-state index in [0.29, 0.717) is 41.3 Å². The summed E-state index contributed by atoms with van der Waals surface area (Å²) in [7, 11) is 0. The van der Waals surface area contributed by atoms with E-state index in [1.54, 1.807) is 30.3 Å². The number of hydrogen-bond acceptors (Lipinski definition) is 3. The summed E-state index contributed by atoms with van der Waals surface area (Å²) < 4.78 is 50.9. The largest absolute Gasteiger partial charge is 0.416 e. The van der Waals surface area contributed by atoms with Gasteiger partial charge in [-0.3, -0.25) is 4.39 Å². The van der Waals surface area contributed by atoms with Crippen LogP contribution >= 0.6 is 0 Å². The predicted molar refractivity (Wildman–Crippen MR) is 96.6 cm³/mol. The fourth-order valence-corrected chi connectivity index (χ4v) is 2.61. The van der Waals surface area contributed by atoms with Gasteiger partial charge in [0.2, 0.25) is 0 Å². The first-order valence-corrected chi connectivity index (χ1v) is 8.34. The maximum atomic E-state index is 12.8. The van der Waals surface area contributed by atoms with Crippen LogP contribution in [0.15, 0.2) is 54.6 Å². The van der Waals surface area contributed by atoms with E-state index in [1.807, 2.05) is 0 Å². The molecule has 1 heterocycles. The Hall–Kier alpha value is -2.96. The Bertz CT molecular complexity index is 904. The van der Waals surface area contributed by atoms with Crippen LogP contribution in [0.25, 0.3) is 22.6 Å². The van der Waals surface area contributed by atoms with E-state index in [-0.39, 0.29) is 0 Å². The molecule has 2 N–H and O–H groups in total. The smallest absolute Gasteiger partial charge is 0.399 e. The summed E-state index contributed by atoms with van der Waals surface area (Å²) in [6, 6.07) is 13.5. The second-order valence-corrected chi connectivity index (χ2v) is 6.06. The highest BCUT2D eigenvalue weighted by Gasteiger charge is 2.30. The van der Waals surface area contributed by atoms with E-state index in [2.05, 4.69) is 9.97 Å². The number of anilines is 1. The van der Waals surface area contributed by atoms with Gasteiger partial charge in [-0.05, 0) is 43.2 Å². The van der Waals surface area contributed by atoms with Gasteiger partial charge in [0.05, 0.1) is 17.9 Å². The van der Waals surface area contributed by atoms with Crippen molar-refractivity contribution in [3.05, 3.63) is 65.9 Å². The van der Waals surface area contributed by atoms with E-state index in [9.17, 15) is 17.6 Å². The number of nitrogens with two attached hydrogens (primary N) is 1. The summed E-state index contributed by atoms with van der Waals surface area (Å²) in [5, 5.41) is 0. The van der Waals surface area contributed by atoms with Gasteiger partial charge >= 0.3 is 6.18 Å². The molecule has 0 aliphatic heterocycles. The molecule has 2 aromatic carbocycles. The second kappa shape index (κ2) is 7.73. The van der Waals surface area contributed by atoms with Gasteiger partial charge in [-0.15, -0.1) is 0 Å². The lowest BCUT2D eigenvalue weighted by atomic mass is 10.1. The third-order valence-electron chi connectivity index (χ3n) is 4.02. The Kier molecular flexibility index (Phi) is 5.39. The molecular formula is C20H17F4N3. The van der Waals surface area contributed by atoms with Crippen molar-refractivity contribution in [3.8, 4) is 22.6 Å². The highest BCUT2D eigenvalue weighted by atomic mass is 19.4. The topological polar surface area (TPSA) is 51.8 Å². The van der Waals surface area contributed by atoms with E-state index in [0.717, 1.165) is 17.7 Å². The lowest BCUT2D eigenvalue weighted by Crippen LogP contribution is -2.04. The minimum Gasteiger partial charge on any atom is -0.399 e. The molecule has 0 fully saturated rings. The fourth-order valence-electron chi connectivity index (χ4n) is 2.61. The molecule has 0 saturated carbocycles. The molecule has 0 radical (unpaired) electrons. The van der Waals surface area contributed by atoms with Gasteiger partial charge in [-0.1, -0.05) is 24.3 Å². The third kappa shape index (κ3) is 4.61. The van der Waals surface area contributed by atoms with Crippen molar-refractivity contribution in [1.29, 1.82) is 0 Å². The molecule has 27 heavy (non-hydrogen) atoms. The molecule has 0 amide bonds. The molecule has 0 bridgehead atoms. The molecular weight excluding hydrogens is 358 g/mol. The van der Waals surface area contributed by atoms with Crippen molar-refractivity contribution in [2.24, 2.45) is 0 Å². The van der Waals surface area contributed by atoms with Gasteiger partial charge < -0.3 is 5.73 Å². The van der Waals surface area contributed by atoms with E-state index in [1.165, 1.54) is 12.1 Å². The number of alkyl halides is 4. The molecule has 0 atom stereocenters. The number of hydrogen-bond donors (Lipinski definition) is 1. The third-order valence-corrected chi connectivity index (χ3v) is 4.02. The van der Waals surface area contributed by atoms with Crippen molar-refractivity contribution in [1.82, 2.24) is 9.97 Å². The number of benzene rings is 2. The highest BCUT2D eigenvalue weighted by molar-refractivity contribution is 5.66. The number of halogens is 4. The van der Waals surface area contributed by atoms with Crippen LogP contribution in [0.5, 0.6) is 0 Å². The normalized spacial score (nSPS) is 11.6. The maximum absolute atomic E-state index is 12.8.